The van der Waals surface area contributed by atoms with Crippen LogP contribution in [-0.4, -0.2) is 5.54 Å². The van der Waals surface area contributed by atoms with E-state index in [9.17, 15) is 0 Å². The summed E-state index contributed by atoms with van der Waals surface area (Å²) in [5.41, 5.74) is 4.61. The van der Waals surface area contributed by atoms with E-state index in [1.165, 1.54) is 21.2 Å². The minimum absolute atomic E-state index is 0. The van der Waals surface area contributed by atoms with Gasteiger partial charge in [-0.3, -0.25) is 0 Å². The maximum absolute atomic E-state index is 3.72. The van der Waals surface area contributed by atoms with Gasteiger partial charge >= 0.3 is 122 Å². The van der Waals surface area contributed by atoms with Crippen molar-refractivity contribution in [3.63, 3.8) is 0 Å². The van der Waals surface area contributed by atoms with E-state index in [4.69, 9.17) is 0 Å². The van der Waals surface area contributed by atoms with Crippen molar-refractivity contribution in [2.75, 3.05) is 0 Å². The molecule has 0 saturated carbocycles. The molecule has 1 unspecified atom stereocenters. The SMILES string of the molecule is CC1=Cc2c(Br)cccc2[CH]1[Ti+2][NH]C(C)(C)C.[Cl-].[Cl-]. The standard InChI is InChI=1S/C10H8Br.C4H10N.2ClH.Ti/c1-7-5-8-3-2-4-10(11)9(8)6-7;1-4(2,3)5;;;/h2-6H,1H3;5H,1-3H3;2*1H;/q;-1;;;+3/p-2. The van der Waals surface area contributed by atoms with E-state index in [1.807, 2.05) is 0 Å². The Labute approximate surface area is 146 Å². The van der Waals surface area contributed by atoms with E-state index in [2.05, 4.69) is 71.7 Å². The number of fused-ring (bicyclic) bond motifs is 1. The predicted molar refractivity (Wildman–Crippen MR) is 73.4 cm³/mol. The van der Waals surface area contributed by atoms with Crippen molar-refractivity contribution >= 4 is 22.0 Å². The zero-order chi connectivity index (χ0) is 12.6. The molecule has 1 aromatic rings. The molecule has 0 fully saturated rings. The van der Waals surface area contributed by atoms with Crippen LogP contribution in [0, 0.1) is 0 Å². The summed E-state index contributed by atoms with van der Waals surface area (Å²) in [6.45, 7) is 8.98. The molecule has 0 aromatic heterocycles. The molecular formula is C14H18BrCl2NTi. The predicted octanol–water partition coefficient (Wildman–Crippen LogP) is -1.70. The fraction of sp³-hybridized carbons (Fsp3) is 0.429. The van der Waals surface area contributed by atoms with Gasteiger partial charge in [-0.05, 0) is 0 Å². The summed E-state index contributed by atoms with van der Waals surface area (Å²) >= 11 is 3.45. The van der Waals surface area contributed by atoms with E-state index in [-0.39, 0.29) is 49.8 Å². The molecule has 0 spiro atoms. The van der Waals surface area contributed by atoms with Gasteiger partial charge in [0.15, 0.2) is 0 Å². The fourth-order valence-corrected chi connectivity index (χ4v) is 4.51. The Bertz CT molecular complexity index is 469. The molecule has 0 aliphatic heterocycles. The van der Waals surface area contributed by atoms with Crippen LogP contribution < -0.4 is 28.6 Å². The molecule has 2 rings (SSSR count). The molecule has 0 amide bonds. The van der Waals surface area contributed by atoms with E-state index in [0.717, 1.165) is 0 Å². The Morgan fingerprint density at radius 3 is 2.42 bits per heavy atom. The molecule has 5 heteroatoms. The number of allylic oxidation sites excluding steroid dienone is 1. The summed E-state index contributed by atoms with van der Waals surface area (Å²) in [5, 5.41) is 0. The minimum Gasteiger partial charge on any atom is -1.00 e. The van der Waals surface area contributed by atoms with Gasteiger partial charge < -0.3 is 24.8 Å². The second-order valence-corrected chi connectivity index (χ2v) is 8.18. The number of rotatable bonds is 2. The average molecular weight is 399 g/mol. The molecule has 1 nitrogen and oxygen atoms in total. The zero-order valence-corrected chi connectivity index (χ0v) is 16.2. The zero-order valence-electron chi connectivity index (χ0n) is 11.5. The van der Waals surface area contributed by atoms with Gasteiger partial charge in [0, 0.05) is 0 Å². The summed E-state index contributed by atoms with van der Waals surface area (Å²) in [4.78, 5) is 0. The van der Waals surface area contributed by atoms with Gasteiger partial charge in [0.2, 0.25) is 0 Å². The molecular weight excluding hydrogens is 381 g/mol. The summed E-state index contributed by atoms with van der Waals surface area (Å²) in [5.74, 6) is 0. The van der Waals surface area contributed by atoms with Crippen LogP contribution in [0.15, 0.2) is 28.2 Å². The first kappa shape index (κ1) is 19.7. The number of hydrogen-bond donors (Lipinski definition) is 1. The molecule has 19 heavy (non-hydrogen) atoms. The fourth-order valence-electron chi connectivity index (χ4n) is 1.99. The van der Waals surface area contributed by atoms with Crippen LogP contribution in [0.4, 0.5) is 0 Å². The van der Waals surface area contributed by atoms with Crippen LogP contribution >= 0.6 is 15.9 Å². The van der Waals surface area contributed by atoms with Gasteiger partial charge in [-0.15, -0.1) is 0 Å². The number of benzene rings is 1. The smallest absolute Gasteiger partial charge is 1.00 e. The second-order valence-electron chi connectivity index (χ2n) is 5.58. The van der Waals surface area contributed by atoms with Crippen LogP contribution in [0.1, 0.15) is 43.0 Å². The molecule has 0 heterocycles. The molecule has 1 aromatic carbocycles. The molecule has 0 bridgehead atoms. The second kappa shape index (κ2) is 7.63. The van der Waals surface area contributed by atoms with Crippen LogP contribution in [-0.2, 0) is 19.4 Å². The van der Waals surface area contributed by atoms with Gasteiger partial charge in [-0.2, -0.15) is 0 Å². The summed E-state index contributed by atoms with van der Waals surface area (Å²) in [6, 6.07) is 6.54. The van der Waals surface area contributed by atoms with Crippen molar-refractivity contribution in [1.29, 1.82) is 0 Å². The Balaban J connectivity index is 0.00000162. The number of nitrogens with one attached hydrogen (secondary N) is 1. The summed E-state index contributed by atoms with van der Waals surface area (Å²) in [6.07, 6.45) is 2.33. The van der Waals surface area contributed by atoms with E-state index in [0.29, 0.717) is 4.22 Å². The van der Waals surface area contributed by atoms with Crippen molar-refractivity contribution in [3.8, 4) is 0 Å². The molecule has 0 saturated heterocycles. The van der Waals surface area contributed by atoms with E-state index < -0.39 is 0 Å². The van der Waals surface area contributed by atoms with Crippen LogP contribution in [0.2, 0.25) is 0 Å². The first-order chi connectivity index (χ1) is 7.88. The average Bonchev–Trinajstić information content (AvgIpc) is 2.52. The van der Waals surface area contributed by atoms with Crippen molar-refractivity contribution in [3.05, 3.63) is 39.4 Å². The van der Waals surface area contributed by atoms with E-state index in [1.54, 1.807) is 0 Å². The first-order valence-electron chi connectivity index (χ1n) is 5.88. The maximum atomic E-state index is 3.72. The summed E-state index contributed by atoms with van der Waals surface area (Å²) in [7, 11) is 0. The quantitative estimate of drug-likeness (QED) is 0.586. The number of halogens is 3. The van der Waals surface area contributed by atoms with Crippen LogP contribution in [0.3, 0.4) is 0 Å². The van der Waals surface area contributed by atoms with Crippen molar-refractivity contribution in [2.45, 2.75) is 37.5 Å². The minimum atomic E-state index is -0.194. The molecule has 1 atom stereocenters. The largest absolute Gasteiger partial charge is 1.00 e. The first-order valence-corrected chi connectivity index (χ1v) is 8.35. The third-order valence-corrected chi connectivity index (χ3v) is 6.55. The molecule has 104 valence electrons. The van der Waals surface area contributed by atoms with Crippen molar-refractivity contribution in [1.82, 2.24) is 3.80 Å². The Kier molecular flexibility index (Phi) is 7.91. The maximum Gasteiger partial charge on any atom is -1.00 e. The normalized spacial score (nSPS) is 16.7. The monoisotopic (exact) mass is 397 g/mol. The molecule has 1 aliphatic rings. The summed E-state index contributed by atoms with van der Waals surface area (Å²) < 4.78 is 5.59. The van der Waals surface area contributed by atoms with Crippen LogP contribution in [0.5, 0.6) is 0 Å². The van der Waals surface area contributed by atoms with Gasteiger partial charge in [0.05, 0.1) is 0 Å². The third kappa shape index (κ3) is 4.87. The van der Waals surface area contributed by atoms with Gasteiger partial charge in [0.25, 0.3) is 0 Å². The van der Waals surface area contributed by atoms with Crippen molar-refractivity contribution < 1.29 is 44.2 Å². The number of hydrogen-bond acceptors (Lipinski definition) is 1. The molecule has 1 aliphatic carbocycles. The Hall–Kier alpha value is 0.694. The van der Waals surface area contributed by atoms with Crippen LogP contribution in [0.25, 0.3) is 6.08 Å². The van der Waals surface area contributed by atoms with Crippen molar-refractivity contribution in [2.24, 2.45) is 0 Å². The Morgan fingerprint density at radius 1 is 1.21 bits per heavy atom. The Morgan fingerprint density at radius 2 is 1.84 bits per heavy atom. The van der Waals surface area contributed by atoms with E-state index >= 15 is 0 Å². The van der Waals surface area contributed by atoms with Gasteiger partial charge in [-0.1, -0.05) is 0 Å². The van der Waals surface area contributed by atoms with Gasteiger partial charge in [0.1, 0.15) is 0 Å². The molecule has 1 N–H and O–H groups in total. The topological polar surface area (TPSA) is 12.0 Å². The third-order valence-electron chi connectivity index (χ3n) is 2.82. The van der Waals surface area contributed by atoms with Gasteiger partial charge in [-0.25, -0.2) is 0 Å². The molecule has 0 radical (unpaired) electrons.